The second kappa shape index (κ2) is 5.77. The Bertz CT molecular complexity index is 1020. The zero-order valence-electron chi connectivity index (χ0n) is 16.1. The number of rotatable bonds is 4. The van der Waals surface area contributed by atoms with Gasteiger partial charge in [0, 0.05) is 30.6 Å². The van der Waals surface area contributed by atoms with Gasteiger partial charge in [0.05, 0.1) is 17.5 Å². The van der Waals surface area contributed by atoms with Gasteiger partial charge in [0.25, 0.3) is 0 Å². The minimum Gasteiger partial charge on any atom is -0.378 e. The Morgan fingerprint density at radius 2 is 1.86 bits per heavy atom. The van der Waals surface area contributed by atoms with E-state index in [1.165, 1.54) is 32.1 Å². The number of nitrogens with one attached hydrogen (secondary N) is 1. The van der Waals surface area contributed by atoms with Crippen LogP contribution in [0.3, 0.4) is 0 Å². The van der Waals surface area contributed by atoms with E-state index in [0.29, 0.717) is 0 Å². The van der Waals surface area contributed by atoms with Gasteiger partial charge in [-0.2, -0.15) is 0 Å². The van der Waals surface area contributed by atoms with Gasteiger partial charge in [-0.1, -0.05) is 0 Å². The monoisotopic (exact) mass is 375 g/mol. The predicted molar refractivity (Wildman–Crippen MR) is 107 cm³/mol. The van der Waals surface area contributed by atoms with Crippen LogP contribution in [-0.4, -0.2) is 37.8 Å². The molecule has 0 amide bonds. The molecule has 4 aliphatic rings. The maximum atomic E-state index is 6.07. The van der Waals surface area contributed by atoms with Crippen LogP contribution in [0.5, 0.6) is 0 Å². The first-order valence-electron chi connectivity index (χ1n) is 10.2. The largest absolute Gasteiger partial charge is 0.378 e. The second-order valence-electron chi connectivity index (χ2n) is 9.12. The summed E-state index contributed by atoms with van der Waals surface area (Å²) in [5, 5.41) is 8.77. The lowest BCUT2D eigenvalue weighted by Crippen LogP contribution is -2.62. The highest BCUT2D eigenvalue weighted by Gasteiger charge is 2.58. The van der Waals surface area contributed by atoms with E-state index in [1.807, 2.05) is 36.0 Å². The molecule has 6 nitrogen and oxygen atoms in total. The van der Waals surface area contributed by atoms with Gasteiger partial charge in [0.1, 0.15) is 5.82 Å². The summed E-state index contributed by atoms with van der Waals surface area (Å²) in [6.45, 7) is 0. The van der Waals surface area contributed by atoms with Crippen molar-refractivity contribution in [3.63, 3.8) is 0 Å². The fraction of sp³-hybridized carbons (Fsp3) is 0.500. The Labute approximate surface area is 164 Å². The van der Waals surface area contributed by atoms with E-state index in [1.54, 1.807) is 12.4 Å². The highest BCUT2D eigenvalue weighted by atomic mass is 16.5. The maximum Gasteiger partial charge on any atom is 0.154 e. The van der Waals surface area contributed by atoms with E-state index in [0.717, 1.165) is 41.0 Å². The number of ether oxygens (including phenoxy) is 1. The normalized spacial score (nSPS) is 33.5. The van der Waals surface area contributed by atoms with Gasteiger partial charge in [0.15, 0.2) is 5.65 Å². The fourth-order valence-corrected chi connectivity index (χ4v) is 6.49. The molecule has 0 aromatic carbocycles. The summed E-state index contributed by atoms with van der Waals surface area (Å²) in [5.41, 5.74) is 3.09. The van der Waals surface area contributed by atoms with Crippen LogP contribution in [0, 0.1) is 11.8 Å². The molecule has 2 atom stereocenters. The first kappa shape index (κ1) is 16.5. The molecule has 1 N–H and O–H groups in total. The molecule has 3 aromatic rings. The third-order valence-electron chi connectivity index (χ3n) is 7.17. The van der Waals surface area contributed by atoms with Crippen molar-refractivity contribution < 1.29 is 4.74 Å². The molecule has 4 saturated carbocycles. The van der Waals surface area contributed by atoms with E-state index >= 15 is 0 Å². The Morgan fingerprint density at radius 1 is 1.07 bits per heavy atom. The average molecular weight is 375 g/mol. The van der Waals surface area contributed by atoms with E-state index in [9.17, 15) is 0 Å². The molecule has 0 spiro atoms. The Balaban J connectivity index is 1.36. The zero-order chi connectivity index (χ0) is 18.8. The topological polar surface area (TPSA) is 64.3 Å². The summed E-state index contributed by atoms with van der Waals surface area (Å²) in [6, 6.07) is 8.10. The molecule has 144 valence electrons. The number of pyridine rings is 1. The van der Waals surface area contributed by atoms with Gasteiger partial charge >= 0.3 is 0 Å². The fourth-order valence-electron chi connectivity index (χ4n) is 6.49. The molecular formula is C22H25N5O. The highest BCUT2D eigenvalue weighted by Crippen LogP contribution is 2.59. The number of methoxy groups -OCH3 is 1. The minimum atomic E-state index is 0.0678. The van der Waals surface area contributed by atoms with E-state index < -0.39 is 0 Å². The number of nitrogens with zero attached hydrogens (tertiary/aromatic N) is 4. The van der Waals surface area contributed by atoms with E-state index in [-0.39, 0.29) is 11.1 Å². The molecule has 0 radical (unpaired) electrons. The van der Waals surface area contributed by atoms with Crippen molar-refractivity contribution in [1.82, 2.24) is 19.6 Å². The molecule has 4 aliphatic carbocycles. The first-order chi connectivity index (χ1) is 13.7. The summed E-state index contributed by atoms with van der Waals surface area (Å²) >= 11 is 0. The lowest BCUT2D eigenvalue weighted by molar-refractivity contribution is -0.148. The van der Waals surface area contributed by atoms with Gasteiger partial charge in [0.2, 0.25) is 0 Å². The Kier molecular flexibility index (Phi) is 3.39. The zero-order valence-corrected chi connectivity index (χ0v) is 16.1. The number of hydrogen-bond acceptors (Lipinski definition) is 5. The number of anilines is 1. The van der Waals surface area contributed by atoms with Crippen molar-refractivity contribution in [3.05, 3.63) is 42.9 Å². The van der Waals surface area contributed by atoms with Crippen LogP contribution in [0.2, 0.25) is 0 Å². The number of imidazole rings is 1. The Hall–Kier alpha value is -2.47. The van der Waals surface area contributed by atoms with Crippen molar-refractivity contribution in [2.45, 2.75) is 49.7 Å². The molecule has 0 saturated heterocycles. The van der Waals surface area contributed by atoms with Crippen LogP contribution in [0.25, 0.3) is 16.9 Å². The third-order valence-corrected chi connectivity index (χ3v) is 7.17. The van der Waals surface area contributed by atoms with Crippen LogP contribution in [0.4, 0.5) is 5.82 Å². The molecule has 4 bridgehead atoms. The quantitative estimate of drug-likeness (QED) is 0.748. The second-order valence-corrected chi connectivity index (χ2v) is 9.12. The predicted octanol–water partition coefficient (Wildman–Crippen LogP) is 3.94. The summed E-state index contributed by atoms with van der Waals surface area (Å²) < 4.78 is 8.00. The van der Waals surface area contributed by atoms with Crippen LogP contribution < -0.4 is 5.32 Å². The van der Waals surface area contributed by atoms with Gasteiger partial charge in [-0.05, 0) is 74.6 Å². The lowest BCUT2D eigenvalue weighted by atomic mass is 9.51. The van der Waals surface area contributed by atoms with Crippen LogP contribution in [-0.2, 0) is 4.74 Å². The molecule has 6 heteroatoms. The Morgan fingerprint density at radius 3 is 2.61 bits per heavy atom. The molecule has 2 unspecified atom stereocenters. The summed E-state index contributed by atoms with van der Waals surface area (Å²) in [7, 11) is 1.90. The van der Waals surface area contributed by atoms with Crippen molar-refractivity contribution in [1.29, 1.82) is 0 Å². The lowest BCUT2D eigenvalue weighted by Gasteiger charge is -2.61. The third kappa shape index (κ3) is 2.47. The smallest absolute Gasteiger partial charge is 0.154 e. The molecule has 3 heterocycles. The van der Waals surface area contributed by atoms with Gasteiger partial charge < -0.3 is 10.1 Å². The molecular weight excluding hydrogens is 350 g/mol. The minimum absolute atomic E-state index is 0.0678. The SMILES string of the molecule is COC12CC3CC(CC(Nc4ccc5ncc(-c6ccncc6)n5n4)(C3)C1)C2. The number of hydrogen-bond donors (Lipinski definition) is 1. The van der Waals surface area contributed by atoms with Crippen LogP contribution in [0.15, 0.2) is 42.9 Å². The van der Waals surface area contributed by atoms with Crippen molar-refractivity contribution in [2.75, 3.05) is 12.4 Å². The molecule has 0 aliphatic heterocycles. The maximum absolute atomic E-state index is 6.07. The molecule has 28 heavy (non-hydrogen) atoms. The van der Waals surface area contributed by atoms with Crippen LogP contribution >= 0.6 is 0 Å². The van der Waals surface area contributed by atoms with Crippen LogP contribution in [0.1, 0.15) is 38.5 Å². The first-order valence-corrected chi connectivity index (χ1v) is 10.2. The molecule has 4 fully saturated rings. The highest BCUT2D eigenvalue weighted by molar-refractivity contribution is 5.63. The van der Waals surface area contributed by atoms with Gasteiger partial charge in [-0.3, -0.25) is 4.98 Å². The number of fused-ring (bicyclic) bond motifs is 1. The van der Waals surface area contributed by atoms with Gasteiger partial charge in [-0.15, -0.1) is 5.10 Å². The van der Waals surface area contributed by atoms with Crippen molar-refractivity contribution >= 4 is 11.5 Å². The standard InChI is InChI=1S/C22H25N5O/c1-28-22-11-15-8-16(12-22)10-21(9-15,14-22)25-19-2-3-20-24-13-18(27(20)26-19)17-4-6-23-7-5-17/h2-7,13,15-16H,8-12,14H2,1H3,(H,25,26). The van der Waals surface area contributed by atoms with E-state index in [2.05, 4.69) is 21.4 Å². The molecule has 7 rings (SSSR count). The van der Waals surface area contributed by atoms with Crippen molar-refractivity contribution in [2.24, 2.45) is 11.8 Å². The average Bonchev–Trinajstić information content (AvgIpc) is 3.10. The van der Waals surface area contributed by atoms with Crippen molar-refractivity contribution in [3.8, 4) is 11.3 Å². The van der Waals surface area contributed by atoms with E-state index in [4.69, 9.17) is 9.84 Å². The van der Waals surface area contributed by atoms with Gasteiger partial charge in [-0.25, -0.2) is 9.50 Å². The summed E-state index contributed by atoms with van der Waals surface area (Å²) in [5.74, 6) is 2.48. The summed E-state index contributed by atoms with van der Waals surface area (Å²) in [6.07, 6.45) is 12.9. The number of aromatic nitrogens is 4. The summed E-state index contributed by atoms with van der Waals surface area (Å²) in [4.78, 5) is 8.63. The molecule has 3 aromatic heterocycles.